The highest BCUT2D eigenvalue weighted by Gasteiger charge is 2.01. The van der Waals surface area contributed by atoms with Crippen molar-refractivity contribution in [3.8, 4) is 0 Å². The first-order valence-corrected chi connectivity index (χ1v) is 7.26. The average molecular weight is 252 g/mol. The summed E-state index contributed by atoms with van der Waals surface area (Å²) in [7, 11) is 2.00. The van der Waals surface area contributed by atoms with Crippen molar-refractivity contribution in [2.75, 3.05) is 13.6 Å². The Morgan fingerprint density at radius 1 is 1.22 bits per heavy atom. The van der Waals surface area contributed by atoms with E-state index in [1.165, 1.54) is 32.1 Å². The summed E-state index contributed by atoms with van der Waals surface area (Å²) in [5.74, 6) is 0.784. The van der Waals surface area contributed by atoms with Crippen LogP contribution in [0.4, 0.5) is 0 Å². The Bertz CT molecular complexity index is 306. The normalized spacial score (nSPS) is 11.3. The molecule has 0 aromatic carbocycles. The van der Waals surface area contributed by atoms with Crippen molar-refractivity contribution >= 4 is 0 Å². The molecule has 0 spiro atoms. The third-order valence-corrected chi connectivity index (χ3v) is 3.11. The van der Waals surface area contributed by atoms with Crippen molar-refractivity contribution in [2.24, 2.45) is 5.92 Å². The third kappa shape index (κ3) is 6.74. The number of unbranched alkanes of at least 4 members (excludes halogenated alkanes) is 2. The number of rotatable bonds is 10. The first-order chi connectivity index (χ1) is 8.72. The van der Waals surface area contributed by atoms with Crippen LogP contribution in [0.25, 0.3) is 0 Å². The molecule has 1 aromatic heterocycles. The molecule has 4 nitrogen and oxygen atoms in total. The lowest BCUT2D eigenvalue weighted by Gasteiger charge is -2.01. The zero-order valence-electron chi connectivity index (χ0n) is 12.2. The van der Waals surface area contributed by atoms with Gasteiger partial charge in [-0.15, -0.1) is 5.10 Å². The van der Waals surface area contributed by atoms with E-state index in [0.717, 1.165) is 31.1 Å². The number of hydrogen-bond acceptors (Lipinski definition) is 3. The van der Waals surface area contributed by atoms with Crippen LogP contribution >= 0.6 is 0 Å². The van der Waals surface area contributed by atoms with Gasteiger partial charge in [0.05, 0.1) is 5.69 Å². The third-order valence-electron chi connectivity index (χ3n) is 3.11. The molecule has 0 saturated heterocycles. The van der Waals surface area contributed by atoms with Crippen molar-refractivity contribution in [3.63, 3.8) is 0 Å². The van der Waals surface area contributed by atoms with Gasteiger partial charge in [0.2, 0.25) is 0 Å². The Morgan fingerprint density at radius 2 is 2.06 bits per heavy atom. The fourth-order valence-electron chi connectivity index (χ4n) is 2.01. The highest BCUT2D eigenvalue weighted by atomic mass is 15.4. The molecule has 0 amide bonds. The summed E-state index contributed by atoms with van der Waals surface area (Å²) >= 11 is 0. The molecule has 18 heavy (non-hydrogen) atoms. The van der Waals surface area contributed by atoms with Gasteiger partial charge in [-0.2, -0.15) is 0 Å². The van der Waals surface area contributed by atoms with Crippen molar-refractivity contribution in [3.05, 3.63) is 11.9 Å². The van der Waals surface area contributed by atoms with Gasteiger partial charge in [0.1, 0.15) is 0 Å². The highest BCUT2D eigenvalue weighted by Crippen LogP contribution is 2.08. The molecule has 4 heteroatoms. The first kappa shape index (κ1) is 15.2. The molecular weight excluding hydrogens is 224 g/mol. The Hall–Kier alpha value is -0.900. The van der Waals surface area contributed by atoms with Gasteiger partial charge in [-0.1, -0.05) is 31.9 Å². The number of nitrogens with zero attached hydrogens (tertiary/aromatic N) is 3. The lowest BCUT2D eigenvalue weighted by atomic mass is 10.1. The van der Waals surface area contributed by atoms with E-state index in [4.69, 9.17) is 0 Å². The van der Waals surface area contributed by atoms with Crippen LogP contribution in [0.15, 0.2) is 6.20 Å². The molecule has 1 N–H and O–H groups in total. The van der Waals surface area contributed by atoms with E-state index >= 15 is 0 Å². The van der Waals surface area contributed by atoms with E-state index in [1.807, 2.05) is 11.7 Å². The monoisotopic (exact) mass is 252 g/mol. The molecule has 0 aliphatic carbocycles. The van der Waals surface area contributed by atoms with Crippen molar-refractivity contribution in [2.45, 2.75) is 58.9 Å². The number of aryl methyl sites for hydroxylation is 2. The highest BCUT2D eigenvalue weighted by molar-refractivity contribution is 4.92. The first-order valence-electron chi connectivity index (χ1n) is 7.26. The second-order valence-corrected chi connectivity index (χ2v) is 5.42. The van der Waals surface area contributed by atoms with Crippen LogP contribution in [0.2, 0.25) is 0 Å². The number of aromatic nitrogens is 3. The Balaban J connectivity index is 2.13. The fourth-order valence-corrected chi connectivity index (χ4v) is 2.01. The van der Waals surface area contributed by atoms with Gasteiger partial charge in [-0.25, -0.2) is 0 Å². The lowest BCUT2D eigenvalue weighted by molar-refractivity contribution is 0.525. The largest absolute Gasteiger partial charge is 0.320 e. The topological polar surface area (TPSA) is 42.7 Å². The van der Waals surface area contributed by atoms with E-state index in [9.17, 15) is 0 Å². The summed E-state index contributed by atoms with van der Waals surface area (Å²) in [4.78, 5) is 0. The minimum Gasteiger partial charge on any atom is -0.320 e. The summed E-state index contributed by atoms with van der Waals surface area (Å²) in [5.41, 5.74) is 1.14. The SMILES string of the molecule is CNCCCCCn1cc(CCCC(C)C)nn1. The van der Waals surface area contributed by atoms with Gasteiger partial charge < -0.3 is 5.32 Å². The lowest BCUT2D eigenvalue weighted by Crippen LogP contribution is -2.07. The molecule has 0 saturated carbocycles. The minimum absolute atomic E-state index is 0.784. The Labute approximate surface area is 111 Å². The van der Waals surface area contributed by atoms with Gasteiger partial charge in [0.15, 0.2) is 0 Å². The summed E-state index contributed by atoms with van der Waals surface area (Å²) < 4.78 is 1.99. The maximum atomic E-state index is 4.23. The van der Waals surface area contributed by atoms with Crippen LogP contribution in [0.5, 0.6) is 0 Å². The van der Waals surface area contributed by atoms with Gasteiger partial charge in [0.25, 0.3) is 0 Å². The molecular formula is C14H28N4. The number of hydrogen-bond donors (Lipinski definition) is 1. The van der Waals surface area contributed by atoms with E-state index < -0.39 is 0 Å². The predicted octanol–water partition coefficient (Wildman–Crippen LogP) is 2.65. The van der Waals surface area contributed by atoms with Gasteiger partial charge in [-0.05, 0) is 45.2 Å². The summed E-state index contributed by atoms with van der Waals surface area (Å²) in [6.07, 6.45) is 9.36. The average Bonchev–Trinajstić information content (AvgIpc) is 2.76. The van der Waals surface area contributed by atoms with E-state index in [0.29, 0.717) is 0 Å². The standard InChI is InChI=1S/C14H28N4/c1-13(2)8-7-9-14-12-18(17-16-14)11-6-4-5-10-15-3/h12-13,15H,4-11H2,1-3H3. The summed E-state index contributed by atoms with van der Waals surface area (Å²) in [5, 5.41) is 11.6. The quantitative estimate of drug-likeness (QED) is 0.651. The molecule has 1 heterocycles. The Kier molecular flexibility index (Phi) is 7.65. The molecule has 0 bridgehead atoms. The van der Waals surface area contributed by atoms with Crippen LogP contribution in [0, 0.1) is 5.92 Å². The molecule has 0 fully saturated rings. The zero-order chi connectivity index (χ0) is 13.2. The molecule has 0 atom stereocenters. The smallest absolute Gasteiger partial charge is 0.0827 e. The van der Waals surface area contributed by atoms with E-state index in [-0.39, 0.29) is 0 Å². The van der Waals surface area contributed by atoms with E-state index in [2.05, 4.69) is 35.7 Å². The summed E-state index contributed by atoms with van der Waals surface area (Å²) in [6.45, 7) is 6.64. The van der Waals surface area contributed by atoms with Crippen LogP contribution < -0.4 is 5.32 Å². The Morgan fingerprint density at radius 3 is 2.78 bits per heavy atom. The van der Waals surface area contributed by atoms with Crippen molar-refractivity contribution in [1.82, 2.24) is 20.3 Å². The van der Waals surface area contributed by atoms with Crippen molar-refractivity contribution in [1.29, 1.82) is 0 Å². The second kappa shape index (κ2) is 9.09. The molecule has 0 unspecified atom stereocenters. The van der Waals surface area contributed by atoms with Crippen molar-refractivity contribution < 1.29 is 0 Å². The molecule has 1 rings (SSSR count). The fraction of sp³-hybridized carbons (Fsp3) is 0.857. The van der Waals surface area contributed by atoms with Gasteiger partial charge in [-0.3, -0.25) is 4.68 Å². The molecule has 1 aromatic rings. The molecule has 0 aliphatic heterocycles. The van der Waals surface area contributed by atoms with Crippen LogP contribution in [-0.2, 0) is 13.0 Å². The zero-order valence-corrected chi connectivity index (χ0v) is 12.2. The predicted molar refractivity (Wildman–Crippen MR) is 75.6 cm³/mol. The second-order valence-electron chi connectivity index (χ2n) is 5.42. The maximum absolute atomic E-state index is 4.23. The number of nitrogens with one attached hydrogen (secondary N) is 1. The van der Waals surface area contributed by atoms with Crippen LogP contribution in [0.1, 0.15) is 51.6 Å². The van der Waals surface area contributed by atoms with Gasteiger partial charge >= 0.3 is 0 Å². The molecule has 0 radical (unpaired) electrons. The van der Waals surface area contributed by atoms with Gasteiger partial charge in [0, 0.05) is 12.7 Å². The molecule has 0 aliphatic rings. The maximum Gasteiger partial charge on any atom is 0.0827 e. The summed E-state index contributed by atoms with van der Waals surface area (Å²) in [6, 6.07) is 0. The minimum atomic E-state index is 0.784. The van der Waals surface area contributed by atoms with Crippen LogP contribution in [0.3, 0.4) is 0 Å². The van der Waals surface area contributed by atoms with Crippen LogP contribution in [-0.4, -0.2) is 28.6 Å². The van der Waals surface area contributed by atoms with E-state index in [1.54, 1.807) is 0 Å². The molecule has 104 valence electrons.